The van der Waals surface area contributed by atoms with Gasteiger partial charge in [0.2, 0.25) is 5.89 Å². The Morgan fingerprint density at radius 3 is 2.67 bits per heavy atom. The molecule has 0 aliphatic heterocycles. The highest BCUT2D eigenvalue weighted by Crippen LogP contribution is 2.19. The van der Waals surface area contributed by atoms with Crippen LogP contribution in [0.1, 0.15) is 21.8 Å². The average Bonchev–Trinajstić information content (AvgIpc) is 3.02. The fourth-order valence-electron chi connectivity index (χ4n) is 1.98. The van der Waals surface area contributed by atoms with Crippen molar-refractivity contribution in [2.45, 2.75) is 13.5 Å². The predicted molar refractivity (Wildman–Crippen MR) is 87.7 cm³/mol. The zero-order chi connectivity index (χ0) is 17.1. The first-order chi connectivity index (χ1) is 11.5. The molecule has 7 heteroatoms. The number of esters is 1. The Labute approximate surface area is 145 Å². The van der Waals surface area contributed by atoms with Crippen molar-refractivity contribution in [2.24, 2.45) is 0 Å². The fraction of sp³-hybridized carbons (Fsp3) is 0.118. The largest absolute Gasteiger partial charge is 0.452 e. The number of halogens is 2. The predicted octanol–water partition coefficient (Wildman–Crippen LogP) is 4.30. The number of benzene rings is 2. The number of carbonyl (C=O) groups is 1. The van der Waals surface area contributed by atoms with Crippen LogP contribution in [0.2, 0.25) is 0 Å². The van der Waals surface area contributed by atoms with Crippen LogP contribution in [0.25, 0.3) is 11.5 Å². The zero-order valence-corrected chi connectivity index (χ0v) is 14.2. The molecular formula is C17H12BrFN2O3. The lowest BCUT2D eigenvalue weighted by atomic mass is 10.1. The molecular weight excluding hydrogens is 379 g/mol. The topological polar surface area (TPSA) is 65.2 Å². The summed E-state index contributed by atoms with van der Waals surface area (Å²) < 4.78 is 24.7. The number of hydrogen-bond acceptors (Lipinski definition) is 5. The molecule has 2 aromatic carbocycles. The van der Waals surface area contributed by atoms with Gasteiger partial charge in [0.05, 0.1) is 5.56 Å². The Hall–Kier alpha value is -2.54. The molecule has 3 aromatic rings. The van der Waals surface area contributed by atoms with Crippen LogP contribution in [0.5, 0.6) is 0 Å². The molecule has 5 nitrogen and oxygen atoms in total. The number of aromatic nitrogens is 2. The van der Waals surface area contributed by atoms with E-state index in [-0.39, 0.29) is 18.1 Å². The van der Waals surface area contributed by atoms with Crippen molar-refractivity contribution in [1.29, 1.82) is 0 Å². The van der Waals surface area contributed by atoms with E-state index in [1.165, 1.54) is 12.1 Å². The molecule has 0 fully saturated rings. The van der Waals surface area contributed by atoms with Crippen molar-refractivity contribution >= 4 is 21.9 Å². The Balaban J connectivity index is 1.67. The molecule has 1 heterocycles. The Bertz CT molecular complexity index is 878. The van der Waals surface area contributed by atoms with Crippen molar-refractivity contribution in [2.75, 3.05) is 0 Å². The molecule has 0 radical (unpaired) electrons. The number of ether oxygens (including phenoxy) is 1. The van der Waals surface area contributed by atoms with Gasteiger partial charge in [-0.2, -0.15) is 0 Å². The number of hydrogen-bond donors (Lipinski definition) is 0. The molecule has 0 atom stereocenters. The Kier molecular flexibility index (Phi) is 4.71. The summed E-state index contributed by atoms with van der Waals surface area (Å²) in [7, 11) is 0. The third-order valence-electron chi connectivity index (χ3n) is 3.24. The van der Waals surface area contributed by atoms with E-state index >= 15 is 0 Å². The highest BCUT2D eigenvalue weighted by atomic mass is 79.9. The minimum absolute atomic E-state index is 0.136. The Morgan fingerprint density at radius 1 is 1.21 bits per heavy atom. The molecule has 0 N–H and O–H groups in total. The summed E-state index contributed by atoms with van der Waals surface area (Å²) in [6, 6.07) is 11.7. The highest BCUT2D eigenvalue weighted by Gasteiger charge is 2.15. The fourth-order valence-corrected chi connectivity index (χ4v) is 2.32. The summed E-state index contributed by atoms with van der Waals surface area (Å²) in [4.78, 5) is 11.9. The van der Waals surface area contributed by atoms with Gasteiger partial charge in [-0.25, -0.2) is 9.18 Å². The summed E-state index contributed by atoms with van der Waals surface area (Å²) >= 11 is 3.13. The lowest BCUT2D eigenvalue weighted by molar-refractivity contribution is 0.0433. The van der Waals surface area contributed by atoms with Crippen LogP contribution in [-0.2, 0) is 11.3 Å². The van der Waals surface area contributed by atoms with E-state index in [9.17, 15) is 9.18 Å². The zero-order valence-electron chi connectivity index (χ0n) is 12.6. The maximum Gasteiger partial charge on any atom is 0.341 e. The van der Waals surface area contributed by atoms with Crippen LogP contribution in [0.15, 0.2) is 51.4 Å². The van der Waals surface area contributed by atoms with Gasteiger partial charge in [0, 0.05) is 10.0 Å². The van der Waals surface area contributed by atoms with Gasteiger partial charge in [0.15, 0.2) is 6.61 Å². The van der Waals surface area contributed by atoms with Crippen LogP contribution in [0.4, 0.5) is 4.39 Å². The van der Waals surface area contributed by atoms with Gasteiger partial charge >= 0.3 is 5.97 Å². The molecule has 0 amide bonds. The van der Waals surface area contributed by atoms with Gasteiger partial charge < -0.3 is 9.15 Å². The molecule has 24 heavy (non-hydrogen) atoms. The number of nitrogens with zero attached hydrogens (tertiary/aromatic N) is 2. The molecule has 3 rings (SSSR count). The first kappa shape index (κ1) is 16.3. The number of carbonyl (C=O) groups excluding carboxylic acids is 1. The highest BCUT2D eigenvalue weighted by molar-refractivity contribution is 9.10. The van der Waals surface area contributed by atoms with E-state index in [1.54, 1.807) is 6.07 Å². The van der Waals surface area contributed by atoms with Gasteiger partial charge in [0.1, 0.15) is 5.82 Å². The first-order valence-corrected chi connectivity index (χ1v) is 7.84. The summed E-state index contributed by atoms with van der Waals surface area (Å²) in [5.74, 6) is -0.998. The molecule has 0 bridgehead atoms. The van der Waals surface area contributed by atoms with Crippen LogP contribution >= 0.6 is 15.9 Å². The van der Waals surface area contributed by atoms with Crippen LogP contribution in [0, 0.1) is 12.7 Å². The van der Waals surface area contributed by atoms with Crippen molar-refractivity contribution in [3.63, 3.8) is 0 Å². The van der Waals surface area contributed by atoms with Crippen LogP contribution in [0.3, 0.4) is 0 Å². The van der Waals surface area contributed by atoms with E-state index in [2.05, 4.69) is 26.1 Å². The molecule has 1 aromatic heterocycles. The molecule has 0 aliphatic rings. The maximum absolute atomic E-state index is 13.7. The summed E-state index contributed by atoms with van der Waals surface area (Å²) in [5.41, 5.74) is 1.73. The quantitative estimate of drug-likeness (QED) is 0.621. The molecule has 122 valence electrons. The van der Waals surface area contributed by atoms with E-state index in [0.717, 1.165) is 11.1 Å². The van der Waals surface area contributed by atoms with Crippen molar-refractivity contribution in [3.8, 4) is 11.5 Å². The van der Waals surface area contributed by atoms with Crippen molar-refractivity contribution < 1.29 is 18.3 Å². The normalized spacial score (nSPS) is 10.6. The van der Waals surface area contributed by atoms with E-state index in [1.807, 2.05) is 31.2 Å². The van der Waals surface area contributed by atoms with Gasteiger partial charge in [-0.1, -0.05) is 33.6 Å². The minimum atomic E-state index is -0.796. The second-order valence-corrected chi connectivity index (χ2v) is 5.98. The summed E-state index contributed by atoms with van der Waals surface area (Å²) in [6.45, 7) is 1.75. The van der Waals surface area contributed by atoms with E-state index in [4.69, 9.17) is 9.15 Å². The smallest absolute Gasteiger partial charge is 0.341 e. The molecule has 0 aliphatic carbocycles. The van der Waals surface area contributed by atoms with Crippen molar-refractivity contribution in [1.82, 2.24) is 10.2 Å². The standard InChI is InChI=1S/C17H12BrFN2O3/c1-10-2-4-11(5-3-10)16-21-20-15(24-16)9-23-17(22)13-7-6-12(18)8-14(13)19/h2-8H,9H2,1H3. The average molecular weight is 391 g/mol. The first-order valence-electron chi connectivity index (χ1n) is 7.04. The third kappa shape index (κ3) is 3.68. The van der Waals surface area contributed by atoms with Gasteiger partial charge in [-0.05, 0) is 37.3 Å². The third-order valence-corrected chi connectivity index (χ3v) is 3.74. The lowest BCUT2D eigenvalue weighted by Gasteiger charge is -2.03. The van der Waals surface area contributed by atoms with Gasteiger partial charge in [-0.15, -0.1) is 10.2 Å². The van der Waals surface area contributed by atoms with E-state index < -0.39 is 11.8 Å². The molecule has 0 unspecified atom stereocenters. The van der Waals surface area contributed by atoms with Crippen molar-refractivity contribution in [3.05, 3.63) is 69.8 Å². The number of rotatable bonds is 4. The second kappa shape index (κ2) is 6.92. The van der Waals surface area contributed by atoms with Crippen LogP contribution in [-0.4, -0.2) is 16.2 Å². The molecule has 0 saturated heterocycles. The SMILES string of the molecule is Cc1ccc(-c2nnc(COC(=O)c3ccc(Br)cc3F)o2)cc1. The van der Waals surface area contributed by atoms with E-state index in [0.29, 0.717) is 10.4 Å². The maximum atomic E-state index is 13.7. The number of aryl methyl sites for hydroxylation is 1. The molecule has 0 spiro atoms. The monoisotopic (exact) mass is 390 g/mol. The summed E-state index contributed by atoms with van der Waals surface area (Å²) in [5, 5.41) is 7.73. The summed E-state index contributed by atoms with van der Waals surface area (Å²) in [6.07, 6.45) is 0. The molecule has 0 saturated carbocycles. The van der Waals surface area contributed by atoms with Gasteiger partial charge in [-0.3, -0.25) is 0 Å². The lowest BCUT2D eigenvalue weighted by Crippen LogP contribution is -2.07. The van der Waals surface area contributed by atoms with Crippen LogP contribution < -0.4 is 0 Å². The second-order valence-electron chi connectivity index (χ2n) is 5.07. The minimum Gasteiger partial charge on any atom is -0.452 e. The Morgan fingerprint density at radius 2 is 1.96 bits per heavy atom. The van der Waals surface area contributed by atoms with Gasteiger partial charge in [0.25, 0.3) is 5.89 Å².